The monoisotopic (exact) mass is 363 g/mol. The minimum atomic E-state index is -0.114. The highest BCUT2D eigenvalue weighted by atomic mass is 16.5. The number of rotatable bonds is 6. The van der Waals surface area contributed by atoms with Crippen LogP contribution in [0.3, 0.4) is 0 Å². The molecule has 27 heavy (non-hydrogen) atoms. The van der Waals surface area contributed by atoms with Crippen molar-refractivity contribution in [1.29, 1.82) is 0 Å². The molecule has 0 saturated heterocycles. The minimum Gasteiger partial charge on any atom is -0.497 e. The third-order valence-electron chi connectivity index (χ3n) is 5.23. The summed E-state index contributed by atoms with van der Waals surface area (Å²) in [4.78, 5) is 0. The van der Waals surface area contributed by atoms with E-state index in [0.29, 0.717) is 6.04 Å². The second kappa shape index (κ2) is 8.20. The molecule has 1 N–H and O–H groups in total. The third kappa shape index (κ3) is 3.94. The van der Waals surface area contributed by atoms with Crippen molar-refractivity contribution in [2.75, 3.05) is 12.4 Å². The summed E-state index contributed by atoms with van der Waals surface area (Å²) < 4.78 is 7.30. The number of tetrazole rings is 1. The molecule has 0 radical (unpaired) electrons. The largest absolute Gasteiger partial charge is 0.497 e. The van der Waals surface area contributed by atoms with Crippen LogP contribution < -0.4 is 10.1 Å². The lowest BCUT2D eigenvalue weighted by atomic mass is 9.95. The van der Waals surface area contributed by atoms with Gasteiger partial charge in [0, 0.05) is 5.69 Å². The smallest absolute Gasteiger partial charge is 0.178 e. The Hall–Kier alpha value is -2.89. The van der Waals surface area contributed by atoms with Crippen LogP contribution in [0.25, 0.3) is 0 Å². The Morgan fingerprint density at radius 2 is 1.74 bits per heavy atom. The summed E-state index contributed by atoms with van der Waals surface area (Å²) in [6.45, 7) is 0. The van der Waals surface area contributed by atoms with Gasteiger partial charge in [-0.15, -0.1) is 5.10 Å². The minimum absolute atomic E-state index is 0.114. The van der Waals surface area contributed by atoms with Crippen molar-refractivity contribution in [3.63, 3.8) is 0 Å². The van der Waals surface area contributed by atoms with E-state index in [4.69, 9.17) is 4.74 Å². The van der Waals surface area contributed by atoms with Crippen LogP contribution >= 0.6 is 0 Å². The van der Waals surface area contributed by atoms with E-state index in [2.05, 4.69) is 33.0 Å². The number of aromatic nitrogens is 4. The molecule has 4 rings (SSSR count). The van der Waals surface area contributed by atoms with Crippen LogP contribution in [0.5, 0.6) is 5.75 Å². The molecule has 1 atom stereocenters. The SMILES string of the molecule is COc1ccc(NC(c2ccccc2)c2nnnn2C2CCCCC2)cc1. The van der Waals surface area contributed by atoms with E-state index < -0.39 is 0 Å². The number of hydrogen-bond donors (Lipinski definition) is 1. The van der Waals surface area contributed by atoms with Crippen LogP contribution in [-0.2, 0) is 0 Å². The fourth-order valence-electron chi connectivity index (χ4n) is 3.77. The van der Waals surface area contributed by atoms with Crippen LogP contribution in [0.15, 0.2) is 54.6 Å². The van der Waals surface area contributed by atoms with Gasteiger partial charge in [-0.3, -0.25) is 0 Å². The maximum atomic E-state index is 5.27. The summed E-state index contributed by atoms with van der Waals surface area (Å²) in [7, 11) is 1.67. The maximum absolute atomic E-state index is 5.27. The fraction of sp³-hybridized carbons (Fsp3) is 0.381. The Morgan fingerprint density at radius 1 is 1.00 bits per heavy atom. The van der Waals surface area contributed by atoms with Crippen molar-refractivity contribution in [2.24, 2.45) is 0 Å². The molecular formula is C21H25N5O. The van der Waals surface area contributed by atoms with E-state index in [1.54, 1.807) is 7.11 Å². The lowest BCUT2D eigenvalue weighted by Gasteiger charge is -2.26. The van der Waals surface area contributed by atoms with Crippen LogP contribution in [0.1, 0.15) is 55.6 Å². The van der Waals surface area contributed by atoms with Gasteiger partial charge in [-0.1, -0.05) is 49.6 Å². The van der Waals surface area contributed by atoms with E-state index in [-0.39, 0.29) is 6.04 Å². The molecule has 0 amide bonds. The van der Waals surface area contributed by atoms with Crippen LogP contribution in [0, 0.1) is 0 Å². The molecule has 0 aliphatic heterocycles. The zero-order chi connectivity index (χ0) is 18.5. The molecule has 6 heteroatoms. The summed E-state index contributed by atoms with van der Waals surface area (Å²) >= 11 is 0. The Balaban J connectivity index is 1.67. The summed E-state index contributed by atoms with van der Waals surface area (Å²) in [6.07, 6.45) is 6.07. The first-order valence-corrected chi connectivity index (χ1v) is 9.58. The average molecular weight is 363 g/mol. The van der Waals surface area contributed by atoms with Crippen LogP contribution in [0.4, 0.5) is 5.69 Å². The van der Waals surface area contributed by atoms with Crippen LogP contribution in [0.2, 0.25) is 0 Å². The predicted molar refractivity (Wildman–Crippen MR) is 105 cm³/mol. The van der Waals surface area contributed by atoms with Gasteiger partial charge in [-0.05, 0) is 53.1 Å². The molecule has 1 aromatic heterocycles. The third-order valence-corrected chi connectivity index (χ3v) is 5.23. The molecule has 140 valence electrons. The maximum Gasteiger partial charge on any atom is 0.178 e. The second-order valence-corrected chi connectivity index (χ2v) is 6.99. The molecular weight excluding hydrogens is 338 g/mol. The van der Waals surface area contributed by atoms with E-state index in [0.717, 1.165) is 35.7 Å². The van der Waals surface area contributed by atoms with Gasteiger partial charge in [0.15, 0.2) is 5.82 Å². The Kier molecular flexibility index (Phi) is 5.32. The van der Waals surface area contributed by atoms with Crippen molar-refractivity contribution in [2.45, 2.75) is 44.2 Å². The molecule has 0 bridgehead atoms. The van der Waals surface area contributed by atoms with Crippen molar-refractivity contribution in [3.8, 4) is 5.75 Å². The first-order valence-electron chi connectivity index (χ1n) is 9.58. The van der Waals surface area contributed by atoms with Gasteiger partial charge in [-0.25, -0.2) is 4.68 Å². The standard InChI is InChI=1S/C21H25N5O/c1-27-19-14-12-17(13-15-19)22-20(16-8-4-2-5-9-16)21-23-24-25-26(21)18-10-6-3-7-11-18/h2,4-5,8-9,12-15,18,20,22H,3,6-7,10-11H2,1H3. The number of benzene rings is 2. The van der Waals surface area contributed by atoms with Crippen LogP contribution in [-0.4, -0.2) is 27.3 Å². The molecule has 1 fully saturated rings. The summed E-state index contributed by atoms with van der Waals surface area (Å²) in [6, 6.07) is 18.6. The molecule has 6 nitrogen and oxygen atoms in total. The molecule has 1 saturated carbocycles. The van der Waals surface area contributed by atoms with Crippen molar-refractivity contribution in [1.82, 2.24) is 20.2 Å². The first-order chi connectivity index (χ1) is 13.3. The second-order valence-electron chi connectivity index (χ2n) is 6.99. The lowest BCUT2D eigenvalue weighted by Crippen LogP contribution is -2.23. The molecule has 1 heterocycles. The van der Waals surface area contributed by atoms with Crippen molar-refractivity contribution in [3.05, 3.63) is 66.0 Å². The fourth-order valence-corrected chi connectivity index (χ4v) is 3.77. The molecule has 1 aliphatic carbocycles. The number of anilines is 1. The number of nitrogens with one attached hydrogen (secondary N) is 1. The highest BCUT2D eigenvalue weighted by Gasteiger charge is 2.26. The van der Waals surface area contributed by atoms with E-state index >= 15 is 0 Å². The lowest BCUT2D eigenvalue weighted by molar-refractivity contribution is 0.315. The average Bonchev–Trinajstić information content (AvgIpc) is 3.23. The van der Waals surface area contributed by atoms with Gasteiger partial charge in [0.05, 0.1) is 13.2 Å². The molecule has 2 aromatic carbocycles. The Labute approximate surface area is 159 Å². The van der Waals surface area contributed by atoms with Gasteiger partial charge < -0.3 is 10.1 Å². The molecule has 1 unspecified atom stereocenters. The van der Waals surface area contributed by atoms with Crippen molar-refractivity contribution < 1.29 is 4.74 Å². The summed E-state index contributed by atoms with van der Waals surface area (Å²) in [5.74, 6) is 1.70. The van der Waals surface area contributed by atoms with Crippen molar-refractivity contribution >= 4 is 5.69 Å². The molecule has 1 aliphatic rings. The Morgan fingerprint density at radius 3 is 2.44 bits per heavy atom. The normalized spacial score (nSPS) is 16.0. The number of methoxy groups -OCH3 is 1. The topological polar surface area (TPSA) is 64.9 Å². The first kappa shape index (κ1) is 17.5. The van der Waals surface area contributed by atoms with E-state index in [1.165, 1.54) is 19.3 Å². The summed E-state index contributed by atoms with van der Waals surface area (Å²) in [5, 5.41) is 16.4. The number of nitrogens with zero attached hydrogens (tertiary/aromatic N) is 4. The van der Waals surface area contributed by atoms with Gasteiger partial charge in [-0.2, -0.15) is 0 Å². The van der Waals surface area contributed by atoms with Gasteiger partial charge in [0.2, 0.25) is 0 Å². The molecule has 0 spiro atoms. The summed E-state index contributed by atoms with van der Waals surface area (Å²) in [5.41, 5.74) is 2.14. The molecule has 3 aromatic rings. The number of ether oxygens (including phenoxy) is 1. The highest BCUT2D eigenvalue weighted by molar-refractivity contribution is 5.49. The zero-order valence-electron chi connectivity index (χ0n) is 15.6. The zero-order valence-corrected chi connectivity index (χ0v) is 15.6. The highest BCUT2D eigenvalue weighted by Crippen LogP contribution is 2.32. The van der Waals surface area contributed by atoms with E-state index in [9.17, 15) is 0 Å². The van der Waals surface area contributed by atoms with E-state index in [1.807, 2.05) is 47.1 Å². The number of hydrogen-bond acceptors (Lipinski definition) is 5. The Bertz CT molecular complexity index is 841. The quantitative estimate of drug-likeness (QED) is 0.704. The predicted octanol–water partition coefficient (Wildman–Crippen LogP) is 4.39. The van der Waals surface area contributed by atoms with Gasteiger partial charge in [0.25, 0.3) is 0 Å². The van der Waals surface area contributed by atoms with Gasteiger partial charge >= 0.3 is 0 Å². The van der Waals surface area contributed by atoms with Gasteiger partial charge in [0.1, 0.15) is 11.8 Å².